The fourth-order valence-electron chi connectivity index (χ4n) is 13.6. The Balaban J connectivity index is 1.07. The molecule has 0 aromatic heterocycles. The van der Waals surface area contributed by atoms with Crippen molar-refractivity contribution in [2.75, 3.05) is 4.90 Å². The highest BCUT2D eigenvalue weighted by Crippen LogP contribution is 2.59. The van der Waals surface area contributed by atoms with Crippen molar-refractivity contribution in [1.29, 1.82) is 0 Å². The Morgan fingerprint density at radius 1 is 0.316 bits per heavy atom. The lowest BCUT2D eigenvalue weighted by atomic mass is 9.68. The van der Waals surface area contributed by atoms with Crippen LogP contribution in [0.5, 0.6) is 0 Å². The first kappa shape index (κ1) is 48.1. The normalized spacial score (nSPS) is 13.6. The van der Waals surface area contributed by atoms with Crippen LogP contribution in [0.2, 0.25) is 0 Å². The van der Waals surface area contributed by atoms with Crippen molar-refractivity contribution in [3.8, 4) is 66.8 Å². The van der Waals surface area contributed by atoms with Gasteiger partial charge >= 0.3 is 0 Å². The maximum absolute atomic E-state index is 2.58. The zero-order valence-corrected chi connectivity index (χ0v) is 45.5. The SMILES string of the molecule is CC(C)(C)c1ccc(-c2ccc(N(c3ccc4c(c3)-c3ccccc3C4(c3ccccc3)c3ccccc3)c3ccc4ccccc4c3-c3ccccc3-c3cccc4c3-c3ccccc3C4(C)C)c(-c3ccccc3)c2)cc1. The molecule has 0 fully saturated rings. The van der Waals surface area contributed by atoms with Crippen molar-refractivity contribution in [2.24, 2.45) is 0 Å². The predicted octanol–water partition coefficient (Wildman–Crippen LogP) is 20.9. The molecule has 1 heteroatoms. The largest absolute Gasteiger partial charge is 0.309 e. The molecule has 0 spiro atoms. The maximum atomic E-state index is 2.58. The molecule has 0 unspecified atom stereocenters. The Bertz CT molecular complexity index is 4250. The molecule has 0 saturated heterocycles. The summed E-state index contributed by atoms with van der Waals surface area (Å²) in [6.45, 7) is 11.6. The van der Waals surface area contributed by atoms with Crippen LogP contribution in [0.3, 0.4) is 0 Å². The summed E-state index contributed by atoms with van der Waals surface area (Å²) >= 11 is 0. The number of hydrogen-bond donors (Lipinski definition) is 0. The van der Waals surface area contributed by atoms with Crippen molar-refractivity contribution in [3.05, 3.63) is 318 Å². The summed E-state index contributed by atoms with van der Waals surface area (Å²) in [5.41, 5.74) is 26.4. The average molecular weight is 1010 g/mol. The molecule has 0 N–H and O–H groups in total. The lowest BCUT2D eigenvalue weighted by Crippen LogP contribution is -2.28. The molecular weight excluding hydrogens is 951 g/mol. The zero-order valence-electron chi connectivity index (χ0n) is 45.5. The Kier molecular flexibility index (Phi) is 11.4. The average Bonchev–Trinajstić information content (AvgIpc) is 4.18. The van der Waals surface area contributed by atoms with Gasteiger partial charge in [-0.2, -0.15) is 0 Å². The van der Waals surface area contributed by atoms with Gasteiger partial charge in [0, 0.05) is 22.2 Å². The summed E-state index contributed by atoms with van der Waals surface area (Å²) in [7, 11) is 0. The van der Waals surface area contributed by atoms with Crippen LogP contribution in [-0.4, -0.2) is 0 Å². The fraction of sp³-hybridized carbons (Fsp3) is 0.103. The van der Waals surface area contributed by atoms with Gasteiger partial charge in [0.1, 0.15) is 0 Å². The highest BCUT2D eigenvalue weighted by atomic mass is 15.1. The maximum Gasteiger partial charge on any atom is 0.0713 e. The van der Waals surface area contributed by atoms with Gasteiger partial charge in [-0.15, -0.1) is 0 Å². The van der Waals surface area contributed by atoms with Gasteiger partial charge in [0.05, 0.1) is 16.8 Å². The quantitative estimate of drug-likeness (QED) is 0.139. The number of benzene rings is 12. The summed E-state index contributed by atoms with van der Waals surface area (Å²) in [4.78, 5) is 2.58. The monoisotopic (exact) mass is 1010 g/mol. The second kappa shape index (κ2) is 18.7. The second-order valence-corrected chi connectivity index (χ2v) is 23.1. The molecule has 378 valence electrons. The van der Waals surface area contributed by atoms with Gasteiger partial charge in [-0.05, 0) is 141 Å². The van der Waals surface area contributed by atoms with Crippen molar-refractivity contribution in [3.63, 3.8) is 0 Å². The number of hydrogen-bond acceptors (Lipinski definition) is 1. The summed E-state index contributed by atoms with van der Waals surface area (Å²) in [5, 5.41) is 2.39. The van der Waals surface area contributed by atoms with Gasteiger partial charge < -0.3 is 4.90 Å². The van der Waals surface area contributed by atoms with Crippen LogP contribution in [0.25, 0.3) is 77.5 Å². The van der Waals surface area contributed by atoms with Crippen molar-refractivity contribution >= 4 is 27.8 Å². The third-order valence-corrected chi connectivity index (χ3v) is 17.3. The molecule has 2 aliphatic rings. The molecule has 12 aromatic rings. The van der Waals surface area contributed by atoms with Crippen molar-refractivity contribution in [1.82, 2.24) is 0 Å². The molecule has 0 atom stereocenters. The first-order chi connectivity index (χ1) is 38.6. The van der Waals surface area contributed by atoms with Crippen LogP contribution in [0.4, 0.5) is 17.1 Å². The van der Waals surface area contributed by atoms with Crippen LogP contribution in [-0.2, 0) is 16.2 Å². The summed E-state index contributed by atoms with van der Waals surface area (Å²) in [6, 6.07) is 105. The fourth-order valence-corrected chi connectivity index (χ4v) is 13.6. The standard InChI is InChI=1S/C78H61N/c1-76(2,3)56-44-40-52(41-45-56)55-43-48-72(66(50-55)53-24-9-6-10-25-53)79(59-46-47-70-67(51-59)62-33-19-22-38-69(62)78(70,57-27-11-7-12-28-57)58-29-13-8-14-30-58)73-49-42-54-26-15-16-31-60(54)75(73)64-34-18-17-32-61(64)63-36-23-39-71-74(63)65-35-20-21-37-68(65)77(71,4)5/h6-51H,1-5H3. The minimum atomic E-state index is -0.534. The van der Waals surface area contributed by atoms with E-state index >= 15 is 0 Å². The van der Waals surface area contributed by atoms with E-state index in [2.05, 4.69) is 319 Å². The van der Waals surface area contributed by atoms with Crippen LogP contribution >= 0.6 is 0 Å². The van der Waals surface area contributed by atoms with E-state index in [-0.39, 0.29) is 10.8 Å². The van der Waals surface area contributed by atoms with Crippen molar-refractivity contribution in [2.45, 2.75) is 50.9 Å². The van der Waals surface area contributed by atoms with Gasteiger partial charge in [-0.3, -0.25) is 0 Å². The molecule has 14 rings (SSSR count). The van der Waals surface area contributed by atoms with Crippen LogP contribution < -0.4 is 4.90 Å². The highest BCUT2D eigenvalue weighted by molar-refractivity contribution is 6.10. The number of fused-ring (bicyclic) bond motifs is 7. The van der Waals surface area contributed by atoms with Gasteiger partial charge in [0.15, 0.2) is 0 Å². The number of anilines is 3. The molecule has 0 amide bonds. The topological polar surface area (TPSA) is 3.24 Å². The lowest BCUT2D eigenvalue weighted by Gasteiger charge is -2.34. The van der Waals surface area contributed by atoms with Gasteiger partial charge in [0.2, 0.25) is 0 Å². The molecule has 0 aliphatic heterocycles. The van der Waals surface area contributed by atoms with Crippen LogP contribution in [0.15, 0.2) is 279 Å². The Labute approximate surface area is 465 Å². The van der Waals surface area contributed by atoms with Gasteiger partial charge in [-0.1, -0.05) is 283 Å². The van der Waals surface area contributed by atoms with E-state index in [9.17, 15) is 0 Å². The minimum absolute atomic E-state index is 0.0497. The van der Waals surface area contributed by atoms with Crippen LogP contribution in [0, 0.1) is 0 Å². The van der Waals surface area contributed by atoms with Crippen molar-refractivity contribution < 1.29 is 0 Å². The third kappa shape index (κ3) is 7.66. The highest BCUT2D eigenvalue weighted by Gasteiger charge is 2.46. The summed E-state index contributed by atoms with van der Waals surface area (Å²) < 4.78 is 0. The minimum Gasteiger partial charge on any atom is -0.309 e. The van der Waals surface area contributed by atoms with E-state index in [0.717, 1.165) is 28.2 Å². The smallest absolute Gasteiger partial charge is 0.0713 e. The first-order valence-corrected chi connectivity index (χ1v) is 27.9. The van der Waals surface area contributed by atoms with E-state index in [0.29, 0.717) is 0 Å². The molecule has 0 saturated carbocycles. The lowest BCUT2D eigenvalue weighted by molar-refractivity contribution is 0.590. The molecule has 12 aromatic carbocycles. The zero-order chi connectivity index (χ0) is 53.5. The number of nitrogens with zero attached hydrogens (tertiary/aromatic N) is 1. The first-order valence-electron chi connectivity index (χ1n) is 27.9. The Morgan fingerprint density at radius 2 is 0.861 bits per heavy atom. The second-order valence-electron chi connectivity index (χ2n) is 23.1. The molecule has 0 heterocycles. The Morgan fingerprint density at radius 3 is 1.57 bits per heavy atom. The molecule has 2 aliphatic carbocycles. The molecule has 0 radical (unpaired) electrons. The van der Waals surface area contributed by atoms with E-state index in [1.54, 1.807) is 0 Å². The summed E-state index contributed by atoms with van der Waals surface area (Å²) in [5.74, 6) is 0. The third-order valence-electron chi connectivity index (χ3n) is 17.3. The predicted molar refractivity (Wildman–Crippen MR) is 334 cm³/mol. The van der Waals surface area contributed by atoms with E-state index < -0.39 is 5.41 Å². The molecule has 1 nitrogen and oxygen atoms in total. The van der Waals surface area contributed by atoms with E-state index in [1.165, 1.54) is 105 Å². The number of rotatable bonds is 9. The van der Waals surface area contributed by atoms with E-state index in [1.807, 2.05) is 0 Å². The molecule has 79 heavy (non-hydrogen) atoms. The molecule has 0 bridgehead atoms. The Hall–Kier alpha value is -9.30. The van der Waals surface area contributed by atoms with Gasteiger partial charge in [0.25, 0.3) is 0 Å². The molecular formula is C78H61N. The van der Waals surface area contributed by atoms with Gasteiger partial charge in [-0.25, -0.2) is 0 Å². The summed E-state index contributed by atoms with van der Waals surface area (Å²) in [6.07, 6.45) is 0. The van der Waals surface area contributed by atoms with E-state index in [4.69, 9.17) is 0 Å². The van der Waals surface area contributed by atoms with Crippen LogP contribution in [0.1, 0.15) is 73.6 Å².